The molecule has 16 heavy (non-hydrogen) atoms. The molecular formula is C12H20BrNOS. The number of nitrogens with one attached hydrogen (secondary N) is 1. The molecule has 0 saturated carbocycles. The molecule has 0 fully saturated rings. The summed E-state index contributed by atoms with van der Waals surface area (Å²) in [6.45, 7) is 7.39. The maximum absolute atomic E-state index is 5.24. The van der Waals surface area contributed by atoms with Crippen molar-refractivity contribution < 1.29 is 4.74 Å². The molecule has 92 valence electrons. The summed E-state index contributed by atoms with van der Waals surface area (Å²) in [6.07, 6.45) is 0. The topological polar surface area (TPSA) is 21.3 Å². The SMILES string of the molecule is COCC(NC(C)c1cc(Br)cs1)C(C)C. The van der Waals surface area contributed by atoms with Crippen LogP contribution in [0.25, 0.3) is 0 Å². The van der Waals surface area contributed by atoms with Crippen molar-refractivity contribution in [1.82, 2.24) is 5.32 Å². The second-order valence-corrected chi connectivity index (χ2v) is 6.22. The number of rotatable bonds is 6. The second kappa shape index (κ2) is 6.74. The zero-order valence-corrected chi connectivity index (χ0v) is 12.7. The van der Waals surface area contributed by atoms with E-state index in [1.54, 1.807) is 18.4 Å². The van der Waals surface area contributed by atoms with E-state index in [2.05, 4.69) is 53.5 Å². The zero-order chi connectivity index (χ0) is 12.1. The van der Waals surface area contributed by atoms with Crippen LogP contribution in [0.3, 0.4) is 0 Å². The smallest absolute Gasteiger partial charge is 0.0618 e. The first kappa shape index (κ1) is 14.2. The van der Waals surface area contributed by atoms with Gasteiger partial charge < -0.3 is 10.1 Å². The predicted octanol–water partition coefficient (Wildman–Crippen LogP) is 3.83. The minimum absolute atomic E-state index is 0.374. The van der Waals surface area contributed by atoms with E-state index in [4.69, 9.17) is 4.74 Å². The van der Waals surface area contributed by atoms with E-state index in [1.807, 2.05) is 0 Å². The van der Waals surface area contributed by atoms with Gasteiger partial charge in [0.25, 0.3) is 0 Å². The first-order valence-electron chi connectivity index (χ1n) is 5.53. The molecular weight excluding hydrogens is 286 g/mol. The fourth-order valence-corrected chi connectivity index (χ4v) is 3.03. The van der Waals surface area contributed by atoms with Gasteiger partial charge in [0.2, 0.25) is 0 Å². The second-order valence-electron chi connectivity index (χ2n) is 4.36. The Morgan fingerprint density at radius 2 is 2.12 bits per heavy atom. The van der Waals surface area contributed by atoms with E-state index < -0.39 is 0 Å². The van der Waals surface area contributed by atoms with Gasteiger partial charge in [0.15, 0.2) is 0 Å². The Hall–Kier alpha value is 0.1000. The molecule has 1 rings (SSSR count). The highest BCUT2D eigenvalue weighted by atomic mass is 79.9. The molecule has 2 nitrogen and oxygen atoms in total. The fraction of sp³-hybridized carbons (Fsp3) is 0.667. The van der Waals surface area contributed by atoms with Gasteiger partial charge in [0.1, 0.15) is 0 Å². The number of thiophene rings is 1. The first-order chi connectivity index (χ1) is 7.54. The standard InChI is InChI=1S/C12H20BrNOS/c1-8(2)11(6-15-4)14-9(3)12-5-10(13)7-16-12/h5,7-9,11,14H,6H2,1-4H3. The Morgan fingerprint density at radius 1 is 1.44 bits per heavy atom. The molecule has 4 heteroatoms. The normalized spacial score (nSPS) is 15.4. The van der Waals surface area contributed by atoms with Crippen LogP contribution < -0.4 is 5.32 Å². The van der Waals surface area contributed by atoms with Crippen molar-refractivity contribution in [3.8, 4) is 0 Å². The van der Waals surface area contributed by atoms with E-state index in [1.165, 1.54) is 4.88 Å². The van der Waals surface area contributed by atoms with Crippen molar-refractivity contribution in [1.29, 1.82) is 0 Å². The molecule has 0 aliphatic rings. The number of methoxy groups -OCH3 is 1. The lowest BCUT2D eigenvalue weighted by atomic mass is 10.0. The van der Waals surface area contributed by atoms with E-state index >= 15 is 0 Å². The minimum atomic E-state index is 0.374. The zero-order valence-electron chi connectivity index (χ0n) is 10.3. The Balaban J connectivity index is 2.57. The third-order valence-corrected chi connectivity index (χ3v) is 4.51. The number of hydrogen-bond donors (Lipinski definition) is 1. The summed E-state index contributed by atoms with van der Waals surface area (Å²) in [5.74, 6) is 0.575. The maximum Gasteiger partial charge on any atom is 0.0618 e. The molecule has 0 bridgehead atoms. The molecule has 2 atom stereocenters. The lowest BCUT2D eigenvalue weighted by molar-refractivity contribution is 0.142. The molecule has 1 heterocycles. The lowest BCUT2D eigenvalue weighted by Crippen LogP contribution is -2.39. The lowest BCUT2D eigenvalue weighted by Gasteiger charge is -2.25. The highest BCUT2D eigenvalue weighted by molar-refractivity contribution is 9.10. The van der Waals surface area contributed by atoms with Crippen LogP contribution in [0.4, 0.5) is 0 Å². The molecule has 1 N–H and O–H groups in total. The van der Waals surface area contributed by atoms with Crippen molar-refractivity contribution in [2.45, 2.75) is 32.9 Å². The van der Waals surface area contributed by atoms with Crippen molar-refractivity contribution in [3.63, 3.8) is 0 Å². The summed E-state index contributed by atoms with van der Waals surface area (Å²) < 4.78 is 6.40. The number of ether oxygens (including phenoxy) is 1. The highest BCUT2D eigenvalue weighted by Gasteiger charge is 2.17. The van der Waals surface area contributed by atoms with Crippen LogP contribution in [0.2, 0.25) is 0 Å². The van der Waals surface area contributed by atoms with Gasteiger partial charge in [0.05, 0.1) is 6.61 Å². The molecule has 0 aliphatic heterocycles. The Bertz CT molecular complexity index is 314. The molecule has 0 saturated heterocycles. The van der Waals surface area contributed by atoms with Gasteiger partial charge in [-0.2, -0.15) is 0 Å². The summed E-state index contributed by atoms with van der Waals surface area (Å²) in [4.78, 5) is 1.36. The number of hydrogen-bond acceptors (Lipinski definition) is 3. The Kier molecular flexibility index (Phi) is 5.97. The van der Waals surface area contributed by atoms with Gasteiger partial charge in [-0.1, -0.05) is 13.8 Å². The average molecular weight is 306 g/mol. The van der Waals surface area contributed by atoms with Gasteiger partial charge >= 0.3 is 0 Å². The third-order valence-electron chi connectivity index (χ3n) is 2.63. The molecule has 0 aliphatic carbocycles. The van der Waals surface area contributed by atoms with Crippen molar-refractivity contribution in [2.75, 3.05) is 13.7 Å². The maximum atomic E-state index is 5.24. The van der Waals surface area contributed by atoms with Gasteiger partial charge in [-0.25, -0.2) is 0 Å². The van der Waals surface area contributed by atoms with E-state index in [0.29, 0.717) is 18.0 Å². The van der Waals surface area contributed by atoms with Gasteiger partial charge in [-0.05, 0) is 34.8 Å². The van der Waals surface area contributed by atoms with Crippen LogP contribution in [0.1, 0.15) is 31.7 Å². The third kappa shape index (κ3) is 4.17. The van der Waals surface area contributed by atoms with E-state index in [0.717, 1.165) is 11.1 Å². The fourth-order valence-electron chi connectivity index (χ4n) is 1.57. The Morgan fingerprint density at radius 3 is 2.56 bits per heavy atom. The summed E-state index contributed by atoms with van der Waals surface area (Å²) >= 11 is 5.26. The molecule has 0 aromatic carbocycles. The van der Waals surface area contributed by atoms with Crippen molar-refractivity contribution in [2.24, 2.45) is 5.92 Å². The van der Waals surface area contributed by atoms with Crippen LogP contribution in [0.5, 0.6) is 0 Å². The minimum Gasteiger partial charge on any atom is -0.383 e. The predicted molar refractivity (Wildman–Crippen MR) is 74.1 cm³/mol. The largest absolute Gasteiger partial charge is 0.383 e. The molecule has 1 aromatic heterocycles. The van der Waals surface area contributed by atoms with Gasteiger partial charge in [-0.3, -0.25) is 0 Å². The van der Waals surface area contributed by atoms with E-state index in [9.17, 15) is 0 Å². The van der Waals surface area contributed by atoms with Crippen molar-refractivity contribution >= 4 is 27.3 Å². The van der Waals surface area contributed by atoms with E-state index in [-0.39, 0.29) is 0 Å². The van der Waals surface area contributed by atoms with Gasteiger partial charge in [-0.15, -0.1) is 11.3 Å². The Labute approximate surface area is 111 Å². The van der Waals surface area contributed by atoms with Gasteiger partial charge in [0, 0.05) is 33.9 Å². The monoisotopic (exact) mass is 305 g/mol. The molecule has 0 spiro atoms. The van der Waals surface area contributed by atoms with Crippen LogP contribution >= 0.6 is 27.3 Å². The highest BCUT2D eigenvalue weighted by Crippen LogP contribution is 2.26. The summed E-state index contributed by atoms with van der Waals surface area (Å²) in [5.41, 5.74) is 0. The molecule has 0 amide bonds. The van der Waals surface area contributed by atoms with Crippen LogP contribution in [-0.4, -0.2) is 19.8 Å². The summed E-state index contributed by atoms with van der Waals surface area (Å²) in [7, 11) is 1.75. The van der Waals surface area contributed by atoms with Crippen LogP contribution in [-0.2, 0) is 4.74 Å². The van der Waals surface area contributed by atoms with Crippen LogP contribution in [0, 0.1) is 5.92 Å². The quantitative estimate of drug-likeness (QED) is 0.862. The molecule has 0 radical (unpaired) electrons. The summed E-state index contributed by atoms with van der Waals surface area (Å²) in [6, 6.07) is 2.95. The number of halogens is 1. The molecule has 1 aromatic rings. The summed E-state index contributed by atoms with van der Waals surface area (Å²) in [5, 5.41) is 5.73. The average Bonchev–Trinajstić information content (AvgIpc) is 2.64. The van der Waals surface area contributed by atoms with Crippen molar-refractivity contribution in [3.05, 3.63) is 20.8 Å². The molecule has 2 unspecified atom stereocenters. The van der Waals surface area contributed by atoms with Crippen LogP contribution in [0.15, 0.2) is 15.9 Å². The first-order valence-corrected chi connectivity index (χ1v) is 7.20.